The summed E-state index contributed by atoms with van der Waals surface area (Å²) in [6, 6.07) is 10.0. The number of aromatic nitrogens is 3. The van der Waals surface area contributed by atoms with Crippen LogP contribution in [0.5, 0.6) is 11.5 Å². The van der Waals surface area contributed by atoms with E-state index in [1.54, 1.807) is 32.0 Å². The van der Waals surface area contributed by atoms with Gasteiger partial charge in [0.05, 0.1) is 19.3 Å². The lowest BCUT2D eigenvalue weighted by atomic mass is 9.83. The number of carbonyl (C=O) groups excluding carboxylic acids is 5. The molecule has 6 rings (SSSR count). The number of benzene rings is 2. The van der Waals surface area contributed by atoms with Crippen molar-refractivity contribution in [3.8, 4) is 17.2 Å². The van der Waals surface area contributed by atoms with E-state index in [-0.39, 0.29) is 23.8 Å². The first-order valence-corrected chi connectivity index (χ1v) is 16.5. The minimum Gasteiger partial charge on any atom is -0.483 e. The van der Waals surface area contributed by atoms with Crippen molar-refractivity contribution in [1.82, 2.24) is 13.9 Å². The van der Waals surface area contributed by atoms with Gasteiger partial charge in [0, 0.05) is 38.0 Å². The number of ether oxygens (including phenoxy) is 7. The number of methoxy groups -OCH3 is 1. The molecule has 0 radical (unpaired) electrons. The van der Waals surface area contributed by atoms with Crippen molar-refractivity contribution in [3.05, 3.63) is 86.2 Å². The second kappa shape index (κ2) is 13.9. The zero-order valence-corrected chi connectivity index (χ0v) is 29.8. The molecule has 3 aromatic rings. The number of esters is 4. The smallest absolute Gasteiger partial charge is 0.352 e. The van der Waals surface area contributed by atoms with Crippen LogP contribution in [0, 0.1) is 0 Å². The fourth-order valence-corrected chi connectivity index (χ4v) is 6.82. The molecule has 1 unspecified atom stereocenters. The molecule has 1 aromatic heterocycles. The van der Waals surface area contributed by atoms with Gasteiger partial charge in [0.25, 0.3) is 0 Å². The van der Waals surface area contributed by atoms with Crippen molar-refractivity contribution >= 4 is 29.7 Å². The summed E-state index contributed by atoms with van der Waals surface area (Å²) in [6.45, 7) is 8.36. The topological polar surface area (TPSA) is 199 Å². The van der Waals surface area contributed by atoms with E-state index in [1.807, 2.05) is 6.08 Å². The molecule has 17 nitrogen and oxygen atoms in total. The summed E-state index contributed by atoms with van der Waals surface area (Å²) in [5.74, 6) is -3.33. The Labute approximate surface area is 301 Å². The molecule has 0 aliphatic carbocycles. The predicted octanol–water partition coefficient (Wildman–Crippen LogP) is 1.78. The fourth-order valence-electron chi connectivity index (χ4n) is 6.82. The molecule has 0 spiro atoms. The van der Waals surface area contributed by atoms with Gasteiger partial charge in [-0.05, 0) is 62.7 Å². The van der Waals surface area contributed by atoms with E-state index in [9.17, 15) is 33.6 Å². The van der Waals surface area contributed by atoms with E-state index >= 15 is 0 Å². The lowest BCUT2D eigenvalue weighted by Gasteiger charge is -2.44. The highest BCUT2D eigenvalue weighted by Gasteiger charge is 2.56. The molecule has 0 N–H and O–H groups in total. The first-order valence-electron chi connectivity index (χ1n) is 16.5. The van der Waals surface area contributed by atoms with Crippen LogP contribution >= 0.6 is 0 Å². The van der Waals surface area contributed by atoms with Gasteiger partial charge in [-0.2, -0.15) is 0 Å². The number of hydrogen-bond donors (Lipinski definition) is 0. The minimum atomic E-state index is -1.67. The minimum absolute atomic E-state index is 0.0777. The molecule has 280 valence electrons. The van der Waals surface area contributed by atoms with Crippen molar-refractivity contribution in [1.29, 1.82) is 0 Å². The van der Waals surface area contributed by atoms with E-state index in [1.165, 1.54) is 40.6 Å². The standard InChI is InChI=1S/C36H37N3O14/c1-17(40)21-8-10-22(11-9-21)38-34(45)37-15-14-25-27(39(37)35(38)46)24-13-12-23(16-26(24)53-36(25,5)6)51-33-31(50-20(4)43)29(49-19(3)42)28(48-18(2)41)30(52-33)32(44)47-7/h8-14,16,27-31,33H,15H2,1-7H3/t27?,28-,29-,30-,31+,33+/m0/s1. The molecule has 0 bridgehead atoms. The second-order valence-corrected chi connectivity index (χ2v) is 13.1. The maximum Gasteiger partial charge on any atom is 0.352 e. The molecule has 53 heavy (non-hydrogen) atoms. The molecule has 6 atom stereocenters. The van der Waals surface area contributed by atoms with E-state index in [0.29, 0.717) is 16.8 Å². The molecule has 0 amide bonds. The van der Waals surface area contributed by atoms with Crippen molar-refractivity contribution in [2.75, 3.05) is 7.11 Å². The number of ketones is 1. The lowest BCUT2D eigenvalue weighted by Crippen LogP contribution is -2.64. The summed E-state index contributed by atoms with van der Waals surface area (Å²) >= 11 is 0. The number of Topliss-reactive ketones (excluding diaryl/α,β-unsaturated/α-hetero) is 1. The number of allylic oxidation sites excluding steroid dienone is 1. The zero-order valence-electron chi connectivity index (χ0n) is 29.8. The van der Waals surface area contributed by atoms with E-state index in [0.717, 1.165) is 38.0 Å². The average molecular weight is 736 g/mol. The Kier molecular flexibility index (Phi) is 9.63. The van der Waals surface area contributed by atoms with Crippen molar-refractivity contribution in [2.24, 2.45) is 0 Å². The van der Waals surface area contributed by atoms with Crippen LogP contribution in [0.4, 0.5) is 0 Å². The SMILES string of the molecule is COC(=O)[C@H]1O[C@@H](Oc2ccc3c(c2)OC(C)(C)C2=CCn4c(=O)n(-c5ccc(C(C)=O)cc5)c(=O)n4C23)[C@H](OC(C)=O)[C@@H](OC(C)=O)[C@@H]1OC(C)=O. The van der Waals surface area contributed by atoms with Crippen LogP contribution in [-0.4, -0.2) is 87.0 Å². The Morgan fingerprint density at radius 2 is 1.43 bits per heavy atom. The molecule has 2 aromatic carbocycles. The first-order chi connectivity index (χ1) is 25.0. The Hall–Kier alpha value is -5.97. The predicted molar refractivity (Wildman–Crippen MR) is 180 cm³/mol. The zero-order chi connectivity index (χ0) is 38.5. The monoisotopic (exact) mass is 735 g/mol. The van der Waals surface area contributed by atoms with Crippen LogP contribution in [0.25, 0.3) is 5.69 Å². The van der Waals surface area contributed by atoms with Crippen LogP contribution in [0.15, 0.2) is 63.7 Å². The molecular weight excluding hydrogens is 698 g/mol. The van der Waals surface area contributed by atoms with Gasteiger partial charge < -0.3 is 33.2 Å². The third-order valence-corrected chi connectivity index (χ3v) is 9.04. The molecule has 17 heteroatoms. The van der Waals surface area contributed by atoms with Crippen LogP contribution in [0.3, 0.4) is 0 Å². The van der Waals surface area contributed by atoms with Gasteiger partial charge in [0.2, 0.25) is 12.4 Å². The largest absolute Gasteiger partial charge is 0.483 e. The molecule has 3 aliphatic rings. The average Bonchev–Trinajstić information content (AvgIpc) is 3.34. The number of hydrogen-bond acceptors (Lipinski definition) is 14. The third-order valence-electron chi connectivity index (χ3n) is 9.04. The van der Waals surface area contributed by atoms with Crippen molar-refractivity contribution in [2.45, 2.75) is 90.4 Å². The normalized spacial score (nSPS) is 23.8. The van der Waals surface area contributed by atoms with Gasteiger partial charge in [-0.3, -0.25) is 19.2 Å². The quantitative estimate of drug-likeness (QED) is 0.140. The Morgan fingerprint density at radius 3 is 2.04 bits per heavy atom. The Balaban J connectivity index is 1.40. The number of rotatable bonds is 8. The van der Waals surface area contributed by atoms with Crippen molar-refractivity contribution < 1.29 is 57.1 Å². The Bertz CT molecular complexity index is 2160. The highest BCUT2D eigenvalue weighted by atomic mass is 16.7. The molecule has 1 saturated heterocycles. The summed E-state index contributed by atoms with van der Waals surface area (Å²) in [4.78, 5) is 88.9. The van der Waals surface area contributed by atoms with Crippen LogP contribution < -0.4 is 20.9 Å². The highest BCUT2D eigenvalue weighted by molar-refractivity contribution is 5.94. The molecule has 1 fully saturated rings. The number of carbonyl (C=O) groups is 5. The molecule has 3 aliphatic heterocycles. The first kappa shape index (κ1) is 36.8. The maximum atomic E-state index is 14.1. The van der Waals surface area contributed by atoms with Crippen molar-refractivity contribution in [3.63, 3.8) is 0 Å². The fraction of sp³-hybridized carbons (Fsp3) is 0.417. The summed E-state index contributed by atoms with van der Waals surface area (Å²) in [5, 5.41) is 0. The van der Waals surface area contributed by atoms with Gasteiger partial charge in [-0.25, -0.2) is 28.3 Å². The van der Waals surface area contributed by atoms with E-state index in [2.05, 4.69) is 0 Å². The summed E-state index contributed by atoms with van der Waals surface area (Å²) < 4.78 is 43.2. The Morgan fingerprint density at radius 1 is 0.811 bits per heavy atom. The highest BCUT2D eigenvalue weighted by Crippen LogP contribution is 2.47. The third kappa shape index (κ3) is 6.74. The molecule has 0 saturated carbocycles. The molecular formula is C36H37N3O14. The second-order valence-electron chi connectivity index (χ2n) is 13.1. The van der Waals surface area contributed by atoms with Gasteiger partial charge in [0.1, 0.15) is 23.1 Å². The molecule has 4 heterocycles. The lowest BCUT2D eigenvalue weighted by molar-refractivity contribution is -0.282. The van der Waals surface area contributed by atoms with Crippen LogP contribution in [-0.2, 0) is 49.4 Å². The summed E-state index contributed by atoms with van der Waals surface area (Å²) in [5.41, 5.74) is -0.236. The van der Waals surface area contributed by atoms with E-state index < -0.39 is 77.6 Å². The maximum absolute atomic E-state index is 14.1. The number of nitrogens with zero attached hydrogens (tertiary/aromatic N) is 3. The van der Waals surface area contributed by atoms with Gasteiger partial charge in [-0.1, -0.05) is 6.08 Å². The van der Waals surface area contributed by atoms with Gasteiger partial charge in [0.15, 0.2) is 24.1 Å². The van der Waals surface area contributed by atoms with Crippen LogP contribution in [0.1, 0.15) is 63.5 Å². The van der Waals surface area contributed by atoms with Gasteiger partial charge in [-0.15, -0.1) is 0 Å². The summed E-state index contributed by atoms with van der Waals surface area (Å²) in [7, 11) is 1.07. The van der Waals surface area contributed by atoms with Crippen LogP contribution in [0.2, 0.25) is 0 Å². The number of fused-ring (bicyclic) bond motifs is 5. The van der Waals surface area contributed by atoms with Gasteiger partial charge >= 0.3 is 35.3 Å². The van der Waals surface area contributed by atoms with E-state index in [4.69, 9.17) is 33.2 Å². The summed E-state index contributed by atoms with van der Waals surface area (Å²) in [6.07, 6.45) is -6.12.